The van der Waals surface area contributed by atoms with Gasteiger partial charge in [0.05, 0.1) is 11.6 Å². The van der Waals surface area contributed by atoms with Crippen LogP contribution in [0.25, 0.3) is 0 Å². The van der Waals surface area contributed by atoms with Crippen molar-refractivity contribution in [2.45, 2.75) is 32.3 Å². The molecule has 1 aromatic rings. The maximum Gasteiger partial charge on any atom is 0.119 e. The summed E-state index contributed by atoms with van der Waals surface area (Å²) in [6, 6.07) is 9.50. The lowest BCUT2D eigenvalue weighted by Gasteiger charge is -2.31. The standard InChI is InChI=1S/C15H20N2O/c1-2-9-17-10-7-15(8-11-17)18-14-5-3-13(12-16)4-6-14/h3-6,15H,2,7-11H2,1H3. The molecule has 0 unspecified atom stereocenters. The fraction of sp³-hybridized carbons (Fsp3) is 0.533. The average molecular weight is 244 g/mol. The molecule has 96 valence electrons. The Morgan fingerprint density at radius 1 is 1.28 bits per heavy atom. The van der Waals surface area contributed by atoms with Crippen LogP contribution in [0.2, 0.25) is 0 Å². The van der Waals surface area contributed by atoms with E-state index in [0.29, 0.717) is 11.7 Å². The van der Waals surface area contributed by atoms with Crippen LogP contribution >= 0.6 is 0 Å². The molecule has 0 bridgehead atoms. The fourth-order valence-electron chi connectivity index (χ4n) is 2.37. The van der Waals surface area contributed by atoms with E-state index in [1.807, 2.05) is 24.3 Å². The van der Waals surface area contributed by atoms with Gasteiger partial charge in [0.25, 0.3) is 0 Å². The third kappa shape index (κ3) is 3.48. The van der Waals surface area contributed by atoms with Gasteiger partial charge < -0.3 is 9.64 Å². The van der Waals surface area contributed by atoms with Gasteiger partial charge in [0.15, 0.2) is 0 Å². The molecule has 1 heterocycles. The van der Waals surface area contributed by atoms with Crippen molar-refractivity contribution >= 4 is 0 Å². The SMILES string of the molecule is CCCN1CCC(Oc2ccc(C#N)cc2)CC1. The van der Waals surface area contributed by atoms with Crippen molar-refractivity contribution in [3.8, 4) is 11.8 Å². The molecule has 18 heavy (non-hydrogen) atoms. The van der Waals surface area contributed by atoms with Gasteiger partial charge in [0.2, 0.25) is 0 Å². The van der Waals surface area contributed by atoms with Crippen molar-refractivity contribution in [3.05, 3.63) is 29.8 Å². The third-order valence-electron chi connectivity index (χ3n) is 3.36. The van der Waals surface area contributed by atoms with Crippen molar-refractivity contribution in [3.63, 3.8) is 0 Å². The van der Waals surface area contributed by atoms with E-state index in [1.165, 1.54) is 13.0 Å². The van der Waals surface area contributed by atoms with Gasteiger partial charge in [-0.3, -0.25) is 0 Å². The predicted molar refractivity (Wildman–Crippen MR) is 71.5 cm³/mol. The summed E-state index contributed by atoms with van der Waals surface area (Å²) < 4.78 is 5.95. The molecule has 3 nitrogen and oxygen atoms in total. The first kappa shape index (κ1) is 12.9. The van der Waals surface area contributed by atoms with Crippen LogP contribution in [0.4, 0.5) is 0 Å². The van der Waals surface area contributed by atoms with E-state index in [2.05, 4.69) is 17.9 Å². The number of likely N-dealkylation sites (tertiary alicyclic amines) is 1. The lowest BCUT2D eigenvalue weighted by Crippen LogP contribution is -2.38. The van der Waals surface area contributed by atoms with Gasteiger partial charge in [-0.2, -0.15) is 5.26 Å². The summed E-state index contributed by atoms with van der Waals surface area (Å²) >= 11 is 0. The Bertz CT molecular complexity index is 399. The van der Waals surface area contributed by atoms with Crippen molar-refractivity contribution in [2.75, 3.05) is 19.6 Å². The molecule has 0 saturated carbocycles. The Hall–Kier alpha value is -1.53. The Labute approximate surface area is 109 Å². The van der Waals surface area contributed by atoms with E-state index in [0.717, 1.165) is 31.7 Å². The molecule has 1 aliphatic heterocycles. The zero-order valence-electron chi connectivity index (χ0n) is 10.9. The number of nitriles is 1. The minimum atomic E-state index is 0.325. The summed E-state index contributed by atoms with van der Waals surface area (Å²) in [6.07, 6.45) is 3.74. The van der Waals surface area contributed by atoms with Gasteiger partial charge >= 0.3 is 0 Å². The molecule has 2 rings (SSSR count). The van der Waals surface area contributed by atoms with Crippen molar-refractivity contribution < 1.29 is 4.74 Å². The highest BCUT2D eigenvalue weighted by Gasteiger charge is 2.19. The first-order chi connectivity index (χ1) is 8.81. The first-order valence-corrected chi connectivity index (χ1v) is 6.71. The van der Waals surface area contributed by atoms with Crippen LogP contribution in [0.5, 0.6) is 5.75 Å². The second kappa shape index (κ2) is 6.42. The van der Waals surface area contributed by atoms with E-state index in [1.54, 1.807) is 0 Å². The quantitative estimate of drug-likeness (QED) is 0.817. The van der Waals surface area contributed by atoms with Crippen LogP contribution in [-0.4, -0.2) is 30.6 Å². The molecule has 0 atom stereocenters. The van der Waals surface area contributed by atoms with E-state index in [-0.39, 0.29) is 0 Å². The molecule has 0 radical (unpaired) electrons. The fourth-order valence-corrected chi connectivity index (χ4v) is 2.37. The molecule has 0 spiro atoms. The van der Waals surface area contributed by atoms with Gasteiger partial charge in [-0.1, -0.05) is 6.92 Å². The van der Waals surface area contributed by atoms with Crippen LogP contribution in [-0.2, 0) is 0 Å². The second-order valence-corrected chi connectivity index (χ2v) is 4.80. The summed E-state index contributed by atoms with van der Waals surface area (Å²) in [6.45, 7) is 5.69. The molecule has 1 saturated heterocycles. The molecule has 3 heteroatoms. The summed E-state index contributed by atoms with van der Waals surface area (Å²) in [7, 11) is 0. The number of hydrogen-bond donors (Lipinski definition) is 0. The van der Waals surface area contributed by atoms with Crippen molar-refractivity contribution in [1.82, 2.24) is 4.90 Å². The summed E-state index contributed by atoms with van der Waals surface area (Å²) in [5.41, 5.74) is 0.681. The minimum Gasteiger partial charge on any atom is -0.490 e. The van der Waals surface area contributed by atoms with Gasteiger partial charge in [-0.05, 0) is 50.1 Å². The summed E-state index contributed by atoms with van der Waals surface area (Å²) in [5.74, 6) is 0.878. The number of ether oxygens (including phenoxy) is 1. The predicted octanol–water partition coefficient (Wildman–Crippen LogP) is 2.81. The van der Waals surface area contributed by atoms with Gasteiger partial charge in [-0.25, -0.2) is 0 Å². The highest BCUT2D eigenvalue weighted by molar-refractivity contribution is 5.34. The van der Waals surface area contributed by atoms with E-state index >= 15 is 0 Å². The van der Waals surface area contributed by atoms with Crippen LogP contribution < -0.4 is 4.74 Å². The second-order valence-electron chi connectivity index (χ2n) is 4.80. The zero-order chi connectivity index (χ0) is 12.8. The molecule has 0 amide bonds. The minimum absolute atomic E-state index is 0.325. The number of benzene rings is 1. The normalized spacial score (nSPS) is 17.3. The highest BCUT2D eigenvalue weighted by Crippen LogP contribution is 2.19. The monoisotopic (exact) mass is 244 g/mol. The Balaban J connectivity index is 1.82. The Morgan fingerprint density at radius 3 is 2.50 bits per heavy atom. The van der Waals surface area contributed by atoms with Gasteiger partial charge in [-0.15, -0.1) is 0 Å². The lowest BCUT2D eigenvalue weighted by atomic mass is 10.1. The van der Waals surface area contributed by atoms with Crippen molar-refractivity contribution in [1.29, 1.82) is 5.26 Å². The number of piperidine rings is 1. The molecular weight excluding hydrogens is 224 g/mol. The molecule has 1 aliphatic rings. The van der Waals surface area contributed by atoms with Crippen LogP contribution in [0, 0.1) is 11.3 Å². The van der Waals surface area contributed by atoms with E-state index in [9.17, 15) is 0 Å². The first-order valence-electron chi connectivity index (χ1n) is 6.71. The maximum absolute atomic E-state index is 8.73. The van der Waals surface area contributed by atoms with Gasteiger partial charge in [0.1, 0.15) is 11.9 Å². The maximum atomic E-state index is 8.73. The molecule has 1 aromatic carbocycles. The Morgan fingerprint density at radius 2 is 1.94 bits per heavy atom. The summed E-state index contributed by atoms with van der Waals surface area (Å²) in [4.78, 5) is 2.50. The summed E-state index contributed by atoms with van der Waals surface area (Å²) in [5, 5.41) is 8.73. The van der Waals surface area contributed by atoms with Crippen LogP contribution in [0.1, 0.15) is 31.7 Å². The number of hydrogen-bond acceptors (Lipinski definition) is 3. The molecule has 0 aliphatic carbocycles. The molecule has 0 N–H and O–H groups in total. The van der Waals surface area contributed by atoms with Crippen LogP contribution in [0.15, 0.2) is 24.3 Å². The molecule has 1 fully saturated rings. The Kier molecular flexibility index (Phi) is 4.60. The molecule has 0 aromatic heterocycles. The third-order valence-corrected chi connectivity index (χ3v) is 3.36. The average Bonchev–Trinajstić information content (AvgIpc) is 2.42. The number of nitrogens with zero attached hydrogens (tertiary/aromatic N) is 2. The van der Waals surface area contributed by atoms with Crippen molar-refractivity contribution in [2.24, 2.45) is 0 Å². The van der Waals surface area contributed by atoms with E-state index in [4.69, 9.17) is 10.00 Å². The molecular formula is C15H20N2O. The smallest absolute Gasteiger partial charge is 0.119 e. The van der Waals surface area contributed by atoms with E-state index < -0.39 is 0 Å². The van der Waals surface area contributed by atoms with Gasteiger partial charge in [0, 0.05) is 13.1 Å². The largest absolute Gasteiger partial charge is 0.490 e. The topological polar surface area (TPSA) is 36.3 Å². The lowest BCUT2D eigenvalue weighted by molar-refractivity contribution is 0.101. The van der Waals surface area contributed by atoms with Crippen LogP contribution in [0.3, 0.4) is 0 Å². The number of rotatable bonds is 4. The highest BCUT2D eigenvalue weighted by atomic mass is 16.5. The zero-order valence-corrected chi connectivity index (χ0v) is 10.9.